The molecular formula is C22H17BrN2O3S. The van der Waals surface area contributed by atoms with Gasteiger partial charge in [-0.3, -0.25) is 9.36 Å². The fraction of sp³-hybridized carbons (Fsp3) is 0.136. The monoisotopic (exact) mass is 468 g/mol. The lowest BCUT2D eigenvalue weighted by molar-refractivity contribution is 0.0526. The van der Waals surface area contributed by atoms with Gasteiger partial charge < -0.3 is 4.74 Å². The highest BCUT2D eigenvalue weighted by Gasteiger charge is 2.14. The maximum absolute atomic E-state index is 13.2. The molecule has 0 spiro atoms. The van der Waals surface area contributed by atoms with Crippen LogP contribution in [0.5, 0.6) is 0 Å². The van der Waals surface area contributed by atoms with Crippen LogP contribution in [0.4, 0.5) is 0 Å². The second-order valence-electron chi connectivity index (χ2n) is 6.43. The number of halogens is 1. The topological polar surface area (TPSA) is 61.2 Å². The number of rotatable bonds is 5. The summed E-state index contributed by atoms with van der Waals surface area (Å²) < 4.78 is 7.58. The summed E-state index contributed by atoms with van der Waals surface area (Å²) >= 11 is 4.90. The Morgan fingerprint density at radius 3 is 2.55 bits per heavy atom. The van der Waals surface area contributed by atoms with Crippen LogP contribution in [0.1, 0.15) is 22.8 Å². The molecule has 7 heteroatoms. The molecule has 0 amide bonds. The van der Waals surface area contributed by atoms with Crippen LogP contribution in [0, 0.1) is 0 Å². The summed E-state index contributed by atoms with van der Waals surface area (Å²) in [4.78, 5) is 30.1. The van der Waals surface area contributed by atoms with Crippen molar-refractivity contribution < 1.29 is 9.53 Å². The maximum atomic E-state index is 13.2. The van der Waals surface area contributed by atoms with Gasteiger partial charge in [0.05, 0.1) is 30.4 Å². The lowest BCUT2D eigenvalue weighted by Gasteiger charge is -2.08. The van der Waals surface area contributed by atoms with E-state index in [-0.39, 0.29) is 11.5 Å². The fourth-order valence-corrected chi connectivity index (χ4v) is 4.25. The third-order valence-corrected chi connectivity index (χ3v) is 5.95. The molecule has 5 nitrogen and oxygen atoms in total. The zero-order valence-electron chi connectivity index (χ0n) is 15.6. The van der Waals surface area contributed by atoms with Crippen molar-refractivity contribution in [1.82, 2.24) is 9.55 Å². The summed E-state index contributed by atoms with van der Waals surface area (Å²) in [5, 5.41) is 2.60. The van der Waals surface area contributed by atoms with Crippen LogP contribution in [-0.2, 0) is 11.3 Å². The van der Waals surface area contributed by atoms with Gasteiger partial charge in [0.1, 0.15) is 4.83 Å². The van der Waals surface area contributed by atoms with E-state index in [2.05, 4.69) is 20.9 Å². The van der Waals surface area contributed by atoms with Gasteiger partial charge >= 0.3 is 5.97 Å². The van der Waals surface area contributed by atoms with Gasteiger partial charge in [-0.05, 0) is 42.3 Å². The Hall–Kier alpha value is -2.77. The van der Waals surface area contributed by atoms with E-state index in [1.54, 1.807) is 30.0 Å². The SMILES string of the molecule is CCOC(=O)c1ccc(Cn2cnc3scc(-c4ccc(Br)cc4)c3c2=O)cc1. The van der Waals surface area contributed by atoms with Crippen LogP contribution in [0.2, 0.25) is 0 Å². The molecule has 0 bridgehead atoms. The Morgan fingerprint density at radius 1 is 1.14 bits per heavy atom. The highest BCUT2D eigenvalue weighted by molar-refractivity contribution is 9.10. The molecule has 2 aromatic heterocycles. The van der Waals surface area contributed by atoms with E-state index >= 15 is 0 Å². The van der Waals surface area contributed by atoms with Crippen molar-refractivity contribution in [3.63, 3.8) is 0 Å². The van der Waals surface area contributed by atoms with Gasteiger partial charge in [-0.2, -0.15) is 0 Å². The minimum Gasteiger partial charge on any atom is -0.462 e. The summed E-state index contributed by atoms with van der Waals surface area (Å²) in [6.45, 7) is 2.48. The number of ether oxygens (including phenoxy) is 1. The van der Waals surface area contributed by atoms with Crippen LogP contribution in [0.3, 0.4) is 0 Å². The number of thiophene rings is 1. The number of fused-ring (bicyclic) bond motifs is 1. The number of nitrogens with zero attached hydrogens (tertiary/aromatic N) is 2. The molecule has 29 heavy (non-hydrogen) atoms. The summed E-state index contributed by atoms with van der Waals surface area (Å²) in [5.74, 6) is -0.350. The number of aromatic nitrogens is 2. The predicted octanol–water partition coefficient (Wildman–Crippen LogP) is 5.11. The normalized spacial score (nSPS) is 11.0. The van der Waals surface area contributed by atoms with Gasteiger partial charge in [0, 0.05) is 15.4 Å². The number of hydrogen-bond acceptors (Lipinski definition) is 5. The molecule has 2 heterocycles. The molecule has 4 aromatic rings. The average Bonchev–Trinajstić information content (AvgIpc) is 3.16. The molecule has 0 N–H and O–H groups in total. The van der Waals surface area contributed by atoms with E-state index in [9.17, 15) is 9.59 Å². The van der Waals surface area contributed by atoms with Gasteiger partial charge in [-0.15, -0.1) is 11.3 Å². The highest BCUT2D eigenvalue weighted by Crippen LogP contribution is 2.31. The lowest BCUT2D eigenvalue weighted by Crippen LogP contribution is -2.21. The van der Waals surface area contributed by atoms with Crippen molar-refractivity contribution in [2.24, 2.45) is 0 Å². The van der Waals surface area contributed by atoms with Gasteiger partial charge in [-0.25, -0.2) is 9.78 Å². The molecule has 0 unspecified atom stereocenters. The van der Waals surface area contributed by atoms with E-state index in [0.717, 1.165) is 26.0 Å². The van der Waals surface area contributed by atoms with Gasteiger partial charge in [-0.1, -0.05) is 40.2 Å². The first kappa shape index (κ1) is 19.5. The number of carbonyl (C=O) groups excluding carboxylic acids is 1. The quantitative estimate of drug-likeness (QED) is 0.381. The average molecular weight is 469 g/mol. The first-order valence-corrected chi connectivity index (χ1v) is 10.7. The minimum absolute atomic E-state index is 0.0800. The Morgan fingerprint density at radius 2 is 1.86 bits per heavy atom. The molecule has 0 saturated carbocycles. The minimum atomic E-state index is -0.350. The Balaban J connectivity index is 1.67. The van der Waals surface area contributed by atoms with Crippen molar-refractivity contribution in [3.05, 3.63) is 86.2 Å². The Bertz CT molecular complexity index is 1230. The smallest absolute Gasteiger partial charge is 0.338 e. The van der Waals surface area contributed by atoms with Crippen LogP contribution in [-0.4, -0.2) is 22.1 Å². The van der Waals surface area contributed by atoms with Crippen LogP contribution in [0.15, 0.2) is 69.5 Å². The molecule has 0 radical (unpaired) electrons. The number of benzene rings is 2. The second kappa shape index (κ2) is 8.31. The largest absolute Gasteiger partial charge is 0.462 e. The summed E-state index contributed by atoms with van der Waals surface area (Å²) in [6.07, 6.45) is 1.58. The predicted molar refractivity (Wildman–Crippen MR) is 119 cm³/mol. The molecule has 0 aliphatic carbocycles. The van der Waals surface area contributed by atoms with Crippen molar-refractivity contribution in [2.45, 2.75) is 13.5 Å². The molecule has 0 saturated heterocycles. The Kier molecular flexibility index (Phi) is 5.60. The van der Waals surface area contributed by atoms with E-state index in [1.807, 2.05) is 41.8 Å². The molecule has 0 aliphatic rings. The number of esters is 1. The van der Waals surface area contributed by atoms with Crippen LogP contribution in [0.25, 0.3) is 21.3 Å². The zero-order chi connectivity index (χ0) is 20.4. The summed E-state index contributed by atoms with van der Waals surface area (Å²) in [5.41, 5.74) is 3.19. The van der Waals surface area contributed by atoms with Gasteiger partial charge in [0.2, 0.25) is 0 Å². The van der Waals surface area contributed by atoms with Gasteiger partial charge in [0.25, 0.3) is 5.56 Å². The van der Waals surface area contributed by atoms with Crippen molar-refractivity contribution >= 4 is 43.5 Å². The zero-order valence-corrected chi connectivity index (χ0v) is 18.0. The molecule has 0 atom stereocenters. The van der Waals surface area contributed by atoms with E-state index in [0.29, 0.717) is 24.1 Å². The van der Waals surface area contributed by atoms with Crippen molar-refractivity contribution in [3.8, 4) is 11.1 Å². The van der Waals surface area contributed by atoms with E-state index in [4.69, 9.17) is 4.74 Å². The van der Waals surface area contributed by atoms with Crippen molar-refractivity contribution in [2.75, 3.05) is 6.61 Å². The van der Waals surface area contributed by atoms with Gasteiger partial charge in [0.15, 0.2) is 0 Å². The molecule has 0 aliphatic heterocycles. The molecule has 146 valence electrons. The number of hydrogen-bond donors (Lipinski definition) is 0. The van der Waals surface area contributed by atoms with E-state index < -0.39 is 0 Å². The summed E-state index contributed by atoms with van der Waals surface area (Å²) in [6, 6.07) is 15.0. The molecule has 0 fully saturated rings. The maximum Gasteiger partial charge on any atom is 0.338 e. The standard InChI is InChI=1S/C22H17BrN2O3S/c1-2-28-22(27)16-5-3-14(4-6-16)11-25-13-24-20-19(21(25)26)18(12-29-20)15-7-9-17(23)10-8-15/h3-10,12-13H,2,11H2,1H3. The molecular weight excluding hydrogens is 452 g/mol. The first-order valence-electron chi connectivity index (χ1n) is 9.05. The van der Waals surface area contributed by atoms with E-state index in [1.165, 1.54) is 11.3 Å². The van der Waals surface area contributed by atoms with Crippen molar-refractivity contribution in [1.29, 1.82) is 0 Å². The fourth-order valence-electron chi connectivity index (χ4n) is 3.08. The molecule has 2 aromatic carbocycles. The van der Waals surface area contributed by atoms with Crippen LogP contribution < -0.4 is 5.56 Å². The Labute approximate surface area is 179 Å². The second-order valence-corrected chi connectivity index (χ2v) is 8.21. The number of carbonyl (C=O) groups is 1. The molecule has 4 rings (SSSR count). The summed E-state index contributed by atoms with van der Waals surface area (Å²) in [7, 11) is 0. The first-order chi connectivity index (χ1) is 14.1. The highest BCUT2D eigenvalue weighted by atomic mass is 79.9. The van der Waals surface area contributed by atoms with Crippen LogP contribution >= 0.6 is 27.3 Å². The third kappa shape index (κ3) is 4.02. The lowest BCUT2D eigenvalue weighted by atomic mass is 10.1. The third-order valence-electron chi connectivity index (χ3n) is 4.53.